The van der Waals surface area contributed by atoms with Crippen molar-refractivity contribution >= 4 is 11.8 Å². The van der Waals surface area contributed by atoms with Crippen molar-refractivity contribution in [1.82, 2.24) is 14.7 Å². The van der Waals surface area contributed by atoms with Crippen LogP contribution in [-0.2, 0) is 11.3 Å². The summed E-state index contributed by atoms with van der Waals surface area (Å²) in [6.45, 7) is 4.36. The molecule has 1 aliphatic rings. The molecule has 0 aliphatic carbocycles. The first-order valence-corrected chi connectivity index (χ1v) is 7.98. The predicted octanol–water partition coefficient (Wildman–Crippen LogP) is 2.19. The van der Waals surface area contributed by atoms with Gasteiger partial charge in [0.2, 0.25) is 0 Å². The molecule has 1 aliphatic heterocycles. The number of benzene rings is 1. The average molecular weight is 330 g/mol. The van der Waals surface area contributed by atoms with E-state index in [1.807, 2.05) is 37.4 Å². The number of rotatable bonds is 4. The predicted molar refractivity (Wildman–Crippen MR) is 90.3 cm³/mol. The minimum Gasteiger partial charge on any atom is -0.497 e. The molecule has 1 fully saturated rings. The van der Waals surface area contributed by atoms with Gasteiger partial charge in [0.05, 0.1) is 26.4 Å². The molecular formula is C17H22N4O3. The SMILES string of the molecule is COc1ccc(Cn2ccc(NC(=O)N3CCOC(C)C3)n2)cc1. The van der Waals surface area contributed by atoms with Crippen LogP contribution in [0.1, 0.15) is 12.5 Å². The van der Waals surface area contributed by atoms with Crippen LogP contribution in [0.3, 0.4) is 0 Å². The van der Waals surface area contributed by atoms with E-state index in [9.17, 15) is 4.79 Å². The molecule has 7 nitrogen and oxygen atoms in total. The van der Waals surface area contributed by atoms with E-state index < -0.39 is 0 Å². The van der Waals surface area contributed by atoms with Crippen LogP contribution in [-0.4, -0.2) is 53.6 Å². The lowest BCUT2D eigenvalue weighted by Gasteiger charge is -2.30. The van der Waals surface area contributed by atoms with Crippen LogP contribution in [0.25, 0.3) is 0 Å². The van der Waals surface area contributed by atoms with Crippen molar-refractivity contribution in [3.8, 4) is 5.75 Å². The zero-order chi connectivity index (χ0) is 16.9. The maximum Gasteiger partial charge on any atom is 0.323 e. The quantitative estimate of drug-likeness (QED) is 0.933. The van der Waals surface area contributed by atoms with Gasteiger partial charge in [-0.1, -0.05) is 12.1 Å². The molecule has 0 saturated carbocycles. The summed E-state index contributed by atoms with van der Waals surface area (Å²) < 4.78 is 12.4. The first kappa shape index (κ1) is 16.3. The molecule has 1 N–H and O–H groups in total. The summed E-state index contributed by atoms with van der Waals surface area (Å²) in [4.78, 5) is 14.0. The van der Waals surface area contributed by atoms with Crippen LogP contribution in [0.2, 0.25) is 0 Å². The molecule has 1 atom stereocenters. The van der Waals surface area contributed by atoms with E-state index in [4.69, 9.17) is 9.47 Å². The second-order valence-corrected chi connectivity index (χ2v) is 5.80. The van der Waals surface area contributed by atoms with Crippen molar-refractivity contribution in [2.24, 2.45) is 0 Å². The van der Waals surface area contributed by atoms with Gasteiger partial charge in [-0.25, -0.2) is 4.79 Å². The number of ether oxygens (including phenoxy) is 2. The lowest BCUT2D eigenvalue weighted by molar-refractivity contribution is -0.00139. The molecule has 3 rings (SSSR count). The summed E-state index contributed by atoms with van der Waals surface area (Å²) in [5.41, 5.74) is 1.11. The molecule has 2 amide bonds. The Bertz CT molecular complexity index is 683. The topological polar surface area (TPSA) is 68.6 Å². The Hall–Kier alpha value is -2.54. The highest BCUT2D eigenvalue weighted by Crippen LogP contribution is 2.13. The van der Waals surface area contributed by atoms with E-state index >= 15 is 0 Å². The normalized spacial score (nSPS) is 17.6. The lowest BCUT2D eigenvalue weighted by Crippen LogP contribution is -2.46. The minimum atomic E-state index is -0.139. The molecule has 1 unspecified atom stereocenters. The molecule has 1 saturated heterocycles. The van der Waals surface area contributed by atoms with Gasteiger partial charge in [-0.2, -0.15) is 5.10 Å². The van der Waals surface area contributed by atoms with Crippen LogP contribution in [0.5, 0.6) is 5.75 Å². The van der Waals surface area contributed by atoms with E-state index in [0.717, 1.165) is 11.3 Å². The Morgan fingerprint density at radius 3 is 2.88 bits per heavy atom. The molecule has 2 aromatic rings. The fourth-order valence-electron chi connectivity index (χ4n) is 2.63. The number of aromatic nitrogens is 2. The number of urea groups is 1. The molecule has 0 radical (unpaired) electrons. The van der Waals surface area contributed by atoms with Crippen LogP contribution >= 0.6 is 0 Å². The number of nitrogens with zero attached hydrogens (tertiary/aromatic N) is 3. The second-order valence-electron chi connectivity index (χ2n) is 5.80. The smallest absolute Gasteiger partial charge is 0.323 e. The number of methoxy groups -OCH3 is 1. The summed E-state index contributed by atoms with van der Waals surface area (Å²) >= 11 is 0. The van der Waals surface area contributed by atoms with Crippen molar-refractivity contribution < 1.29 is 14.3 Å². The number of nitrogens with one attached hydrogen (secondary N) is 1. The molecule has 0 bridgehead atoms. The summed E-state index contributed by atoms with van der Waals surface area (Å²) in [5.74, 6) is 1.37. The molecule has 1 aromatic carbocycles. The minimum absolute atomic E-state index is 0.0668. The van der Waals surface area contributed by atoms with Gasteiger partial charge in [-0.3, -0.25) is 10.00 Å². The fraction of sp³-hybridized carbons (Fsp3) is 0.412. The Kier molecular flexibility index (Phi) is 5.00. The zero-order valence-corrected chi connectivity index (χ0v) is 13.9. The highest BCUT2D eigenvalue weighted by atomic mass is 16.5. The summed E-state index contributed by atoms with van der Waals surface area (Å²) in [7, 11) is 1.65. The molecule has 1 aromatic heterocycles. The van der Waals surface area contributed by atoms with Crippen LogP contribution in [0.15, 0.2) is 36.5 Å². The number of hydrogen-bond donors (Lipinski definition) is 1. The fourth-order valence-corrected chi connectivity index (χ4v) is 2.63. The zero-order valence-electron chi connectivity index (χ0n) is 13.9. The summed E-state index contributed by atoms with van der Waals surface area (Å²) in [5, 5.41) is 7.23. The third-order valence-corrected chi connectivity index (χ3v) is 3.91. The number of carbonyl (C=O) groups is 1. The lowest BCUT2D eigenvalue weighted by atomic mass is 10.2. The van der Waals surface area contributed by atoms with Crippen molar-refractivity contribution in [2.45, 2.75) is 19.6 Å². The van der Waals surface area contributed by atoms with Gasteiger partial charge in [0, 0.05) is 25.4 Å². The summed E-state index contributed by atoms with van der Waals surface area (Å²) in [6.07, 6.45) is 1.92. The van der Waals surface area contributed by atoms with Crippen molar-refractivity contribution in [2.75, 3.05) is 32.1 Å². The molecule has 7 heteroatoms. The van der Waals surface area contributed by atoms with Gasteiger partial charge in [0.1, 0.15) is 5.75 Å². The third-order valence-electron chi connectivity index (χ3n) is 3.91. The molecule has 2 heterocycles. The van der Waals surface area contributed by atoms with Crippen molar-refractivity contribution in [3.05, 3.63) is 42.1 Å². The number of anilines is 1. The van der Waals surface area contributed by atoms with Crippen LogP contribution in [0, 0.1) is 0 Å². The standard InChI is InChI=1S/C17H22N4O3/c1-13-11-20(9-10-24-13)17(22)18-16-7-8-21(19-16)12-14-3-5-15(23-2)6-4-14/h3-8,13H,9-12H2,1-2H3,(H,18,19,22). The van der Waals surface area contributed by atoms with Gasteiger partial charge < -0.3 is 14.4 Å². The van der Waals surface area contributed by atoms with E-state index in [-0.39, 0.29) is 12.1 Å². The first-order valence-electron chi connectivity index (χ1n) is 7.98. The second kappa shape index (κ2) is 7.35. The number of morpholine rings is 1. The maximum atomic E-state index is 12.2. The van der Waals surface area contributed by atoms with E-state index in [0.29, 0.717) is 32.1 Å². The number of carbonyl (C=O) groups excluding carboxylic acids is 1. The highest BCUT2D eigenvalue weighted by Gasteiger charge is 2.21. The Balaban J connectivity index is 1.57. The van der Waals surface area contributed by atoms with E-state index in [2.05, 4.69) is 10.4 Å². The van der Waals surface area contributed by atoms with Crippen molar-refractivity contribution in [1.29, 1.82) is 0 Å². The van der Waals surface area contributed by atoms with Gasteiger partial charge in [0.15, 0.2) is 5.82 Å². The largest absolute Gasteiger partial charge is 0.497 e. The van der Waals surface area contributed by atoms with Crippen molar-refractivity contribution in [3.63, 3.8) is 0 Å². The monoisotopic (exact) mass is 330 g/mol. The van der Waals surface area contributed by atoms with E-state index in [1.54, 1.807) is 22.8 Å². The highest BCUT2D eigenvalue weighted by molar-refractivity contribution is 5.88. The first-order chi connectivity index (χ1) is 11.6. The van der Waals surface area contributed by atoms with Gasteiger partial charge in [-0.05, 0) is 24.6 Å². The maximum absolute atomic E-state index is 12.2. The van der Waals surface area contributed by atoms with Gasteiger partial charge in [-0.15, -0.1) is 0 Å². The molecule has 24 heavy (non-hydrogen) atoms. The molecule has 0 spiro atoms. The number of amides is 2. The average Bonchev–Trinajstić information content (AvgIpc) is 3.02. The molecule has 128 valence electrons. The van der Waals surface area contributed by atoms with E-state index in [1.165, 1.54) is 0 Å². The number of hydrogen-bond acceptors (Lipinski definition) is 4. The van der Waals surface area contributed by atoms with Crippen LogP contribution in [0.4, 0.5) is 10.6 Å². The molecular weight excluding hydrogens is 308 g/mol. The Morgan fingerprint density at radius 2 is 2.17 bits per heavy atom. The van der Waals surface area contributed by atoms with Gasteiger partial charge in [0.25, 0.3) is 0 Å². The van der Waals surface area contributed by atoms with Crippen LogP contribution < -0.4 is 10.1 Å². The summed E-state index contributed by atoms with van der Waals surface area (Å²) in [6, 6.07) is 9.48. The third kappa shape index (κ3) is 4.05. The Labute approximate surface area is 141 Å². The van der Waals surface area contributed by atoms with Gasteiger partial charge >= 0.3 is 6.03 Å². The Morgan fingerprint density at radius 1 is 1.38 bits per heavy atom.